The van der Waals surface area contributed by atoms with Crippen LogP contribution < -0.4 is 0 Å². The van der Waals surface area contributed by atoms with Gasteiger partial charge in [0.2, 0.25) is 0 Å². The summed E-state index contributed by atoms with van der Waals surface area (Å²) in [5, 5.41) is 7.67. The van der Waals surface area contributed by atoms with E-state index in [9.17, 15) is 0 Å². The molecule has 0 N–H and O–H groups in total. The first-order chi connectivity index (χ1) is 23.3. The van der Waals surface area contributed by atoms with Gasteiger partial charge in [0.15, 0.2) is 0 Å². The summed E-state index contributed by atoms with van der Waals surface area (Å²) in [6, 6.07) is 53.1. The first-order valence-corrected chi connectivity index (χ1v) is 17.0. The number of rotatable bonds is 4. The van der Waals surface area contributed by atoms with Crippen molar-refractivity contribution in [3.8, 4) is 28.2 Å². The van der Waals surface area contributed by atoms with Crippen LogP contribution in [0.5, 0.6) is 0 Å². The molecule has 0 saturated heterocycles. The van der Waals surface area contributed by atoms with Gasteiger partial charge in [-0.2, -0.15) is 0 Å². The van der Waals surface area contributed by atoms with Gasteiger partial charge in [0.25, 0.3) is 0 Å². The number of thiophene rings is 1. The van der Waals surface area contributed by atoms with Crippen LogP contribution in [0.25, 0.3) is 92.0 Å². The fraction of sp³-hybridized carbons (Fsp3) is 0.0465. The third-order valence-electron chi connectivity index (χ3n) is 9.71. The molecule has 0 aliphatic carbocycles. The highest BCUT2D eigenvalue weighted by molar-refractivity contribution is 7.26. The molecule has 0 spiro atoms. The van der Waals surface area contributed by atoms with E-state index in [1.165, 1.54) is 80.6 Å². The highest BCUT2D eigenvalue weighted by Gasteiger charge is 2.19. The molecule has 10 aromatic rings. The predicted molar refractivity (Wildman–Crippen MR) is 201 cm³/mol. The van der Waals surface area contributed by atoms with Gasteiger partial charge in [0.1, 0.15) is 5.82 Å². The number of hydrogen-bond donors (Lipinski definition) is 0. The Labute approximate surface area is 275 Å². The van der Waals surface area contributed by atoms with Crippen molar-refractivity contribution in [2.75, 3.05) is 0 Å². The third kappa shape index (κ3) is 3.89. The minimum Gasteiger partial charge on any atom is -0.324 e. The maximum absolute atomic E-state index is 5.15. The van der Waals surface area contributed by atoms with Crippen LogP contribution in [0, 0.1) is 0 Å². The average Bonchev–Trinajstić information content (AvgIpc) is 3.80. The summed E-state index contributed by atoms with van der Waals surface area (Å²) >= 11 is 1.86. The lowest BCUT2D eigenvalue weighted by molar-refractivity contribution is 0.797. The number of aryl methyl sites for hydroxylation is 1. The molecule has 3 heterocycles. The Bertz CT molecular complexity index is 2830. The molecule has 3 nitrogen and oxygen atoms in total. The molecule has 4 heteroatoms. The standard InChI is InChI=1S/C43H29N3S/c1-2-45-37-17-9-8-16-35(37)44-43(45)32-15-10-18-40-42(32)34-26-29(21-24-39(34)47-40)28-20-22-36-33(25-28)41-31-14-7-6-11-27(31)19-23-38(41)46(36)30-12-4-3-5-13-30/h3-26H,2H2,1H3. The van der Waals surface area contributed by atoms with Gasteiger partial charge >= 0.3 is 0 Å². The predicted octanol–water partition coefficient (Wildman–Crippen LogP) is 12.0. The number of hydrogen-bond acceptors (Lipinski definition) is 2. The maximum Gasteiger partial charge on any atom is 0.141 e. The molecule has 47 heavy (non-hydrogen) atoms. The zero-order valence-electron chi connectivity index (χ0n) is 25.8. The molecule has 7 aromatic carbocycles. The van der Waals surface area contributed by atoms with Gasteiger partial charge < -0.3 is 9.13 Å². The quantitative estimate of drug-likeness (QED) is 0.192. The topological polar surface area (TPSA) is 22.8 Å². The zero-order valence-corrected chi connectivity index (χ0v) is 26.6. The number of benzene rings is 7. The Hall–Kier alpha value is -5.71. The largest absolute Gasteiger partial charge is 0.324 e. The second-order valence-corrected chi connectivity index (χ2v) is 13.3. The highest BCUT2D eigenvalue weighted by atomic mass is 32.1. The minimum absolute atomic E-state index is 0.866. The van der Waals surface area contributed by atoms with Gasteiger partial charge in [-0.15, -0.1) is 11.3 Å². The van der Waals surface area contributed by atoms with E-state index in [2.05, 4.69) is 162 Å². The molecule has 0 radical (unpaired) electrons. The fourth-order valence-corrected chi connectivity index (χ4v) is 8.73. The van der Waals surface area contributed by atoms with Crippen LogP contribution in [-0.2, 0) is 6.54 Å². The Balaban J connectivity index is 1.22. The molecule has 0 unspecified atom stereocenters. The Morgan fingerprint density at radius 2 is 1.32 bits per heavy atom. The average molecular weight is 620 g/mol. The van der Waals surface area contributed by atoms with Crippen molar-refractivity contribution in [2.45, 2.75) is 13.5 Å². The molecule has 0 aliphatic rings. The first kappa shape index (κ1) is 26.5. The van der Waals surface area contributed by atoms with E-state index in [4.69, 9.17) is 4.98 Å². The van der Waals surface area contributed by atoms with Crippen LogP contribution >= 0.6 is 11.3 Å². The SMILES string of the molecule is CCn1c(-c2cccc3sc4ccc(-c5ccc6c(c5)c5c7ccccc7ccc5n6-c5ccccc5)cc4c23)nc2ccccc21. The van der Waals surface area contributed by atoms with E-state index < -0.39 is 0 Å². The summed E-state index contributed by atoms with van der Waals surface area (Å²) in [6.07, 6.45) is 0. The molecule has 0 saturated carbocycles. The monoisotopic (exact) mass is 619 g/mol. The van der Waals surface area contributed by atoms with Crippen molar-refractivity contribution >= 4 is 75.1 Å². The van der Waals surface area contributed by atoms with Crippen LogP contribution in [0.3, 0.4) is 0 Å². The van der Waals surface area contributed by atoms with Crippen LogP contribution in [-0.4, -0.2) is 14.1 Å². The van der Waals surface area contributed by atoms with E-state index >= 15 is 0 Å². The molecule has 0 fully saturated rings. The number of nitrogens with zero attached hydrogens (tertiary/aromatic N) is 3. The molecule has 0 atom stereocenters. The second-order valence-electron chi connectivity index (χ2n) is 12.2. The van der Waals surface area contributed by atoms with Crippen molar-refractivity contribution in [1.82, 2.24) is 14.1 Å². The van der Waals surface area contributed by atoms with Gasteiger partial charge in [0, 0.05) is 48.7 Å². The summed E-state index contributed by atoms with van der Waals surface area (Å²) < 4.78 is 7.33. The van der Waals surface area contributed by atoms with Crippen LogP contribution in [0.2, 0.25) is 0 Å². The number of imidazole rings is 1. The number of para-hydroxylation sites is 3. The van der Waals surface area contributed by atoms with E-state index in [1.807, 2.05) is 11.3 Å². The first-order valence-electron chi connectivity index (χ1n) is 16.2. The fourth-order valence-electron chi connectivity index (χ4n) is 7.62. The molecule has 0 amide bonds. The van der Waals surface area contributed by atoms with Crippen LogP contribution in [0.4, 0.5) is 0 Å². The molecule has 0 bridgehead atoms. The van der Waals surface area contributed by atoms with Crippen molar-refractivity contribution in [3.05, 3.63) is 146 Å². The van der Waals surface area contributed by atoms with Crippen molar-refractivity contribution in [3.63, 3.8) is 0 Å². The normalized spacial score (nSPS) is 12.0. The van der Waals surface area contributed by atoms with E-state index in [0.29, 0.717) is 0 Å². The highest BCUT2D eigenvalue weighted by Crippen LogP contribution is 2.43. The smallest absolute Gasteiger partial charge is 0.141 e. The Kier molecular flexibility index (Phi) is 5.72. The summed E-state index contributed by atoms with van der Waals surface area (Å²) in [5.74, 6) is 1.03. The number of fused-ring (bicyclic) bond motifs is 9. The van der Waals surface area contributed by atoms with E-state index in [-0.39, 0.29) is 0 Å². The third-order valence-corrected chi connectivity index (χ3v) is 10.8. The Morgan fingerprint density at radius 3 is 2.21 bits per heavy atom. The van der Waals surface area contributed by atoms with E-state index in [1.54, 1.807) is 0 Å². The summed E-state index contributed by atoms with van der Waals surface area (Å²) in [6.45, 7) is 3.07. The van der Waals surface area contributed by atoms with Gasteiger partial charge in [-0.05, 0) is 89.5 Å². The summed E-state index contributed by atoms with van der Waals surface area (Å²) in [4.78, 5) is 5.15. The lowest BCUT2D eigenvalue weighted by atomic mass is 9.98. The van der Waals surface area contributed by atoms with Gasteiger partial charge in [0.05, 0.1) is 22.1 Å². The van der Waals surface area contributed by atoms with Gasteiger partial charge in [-0.1, -0.05) is 84.9 Å². The van der Waals surface area contributed by atoms with Gasteiger partial charge in [-0.3, -0.25) is 0 Å². The maximum atomic E-state index is 5.15. The Morgan fingerprint density at radius 1 is 0.553 bits per heavy atom. The number of aromatic nitrogens is 3. The summed E-state index contributed by atoms with van der Waals surface area (Å²) in [5.41, 5.74) is 9.47. The molecule has 222 valence electrons. The minimum atomic E-state index is 0.866. The lowest BCUT2D eigenvalue weighted by Gasteiger charge is -2.09. The van der Waals surface area contributed by atoms with Crippen LogP contribution in [0.15, 0.2) is 146 Å². The van der Waals surface area contributed by atoms with E-state index in [0.717, 1.165) is 17.9 Å². The molecule has 0 aliphatic heterocycles. The summed E-state index contributed by atoms with van der Waals surface area (Å²) in [7, 11) is 0. The molecular weight excluding hydrogens is 591 g/mol. The van der Waals surface area contributed by atoms with Crippen molar-refractivity contribution in [2.24, 2.45) is 0 Å². The second kappa shape index (κ2) is 10.1. The van der Waals surface area contributed by atoms with Crippen LogP contribution in [0.1, 0.15) is 6.92 Å². The van der Waals surface area contributed by atoms with Crippen molar-refractivity contribution < 1.29 is 0 Å². The van der Waals surface area contributed by atoms with Gasteiger partial charge in [-0.25, -0.2) is 4.98 Å². The molecule has 3 aromatic heterocycles. The lowest BCUT2D eigenvalue weighted by Crippen LogP contribution is -1.97. The molecule has 10 rings (SSSR count). The van der Waals surface area contributed by atoms with Crippen molar-refractivity contribution in [1.29, 1.82) is 0 Å². The molecular formula is C43H29N3S. The zero-order chi connectivity index (χ0) is 31.1.